The SMILES string of the molecule is COc1cc(C)nc(COc2ccc(Cl)cc2[C@H](C)O)c1. The molecule has 0 bridgehead atoms. The molecule has 2 rings (SSSR count). The molecule has 0 aliphatic carbocycles. The lowest BCUT2D eigenvalue weighted by Crippen LogP contribution is -2.03. The third-order valence-electron chi connectivity index (χ3n) is 3.01. The van der Waals surface area contributed by atoms with Gasteiger partial charge in [0, 0.05) is 28.4 Å². The van der Waals surface area contributed by atoms with Crippen molar-refractivity contribution in [1.29, 1.82) is 0 Å². The molecular weight excluding hydrogens is 290 g/mol. The summed E-state index contributed by atoms with van der Waals surface area (Å²) >= 11 is 5.94. The molecule has 0 saturated carbocycles. The fourth-order valence-corrected chi connectivity index (χ4v) is 2.20. The predicted octanol–water partition coefficient (Wildman–Crippen LogP) is 3.68. The molecule has 1 heterocycles. The number of rotatable bonds is 5. The maximum atomic E-state index is 9.78. The van der Waals surface area contributed by atoms with Gasteiger partial charge in [-0.25, -0.2) is 0 Å². The van der Waals surface area contributed by atoms with E-state index >= 15 is 0 Å². The molecule has 0 spiro atoms. The van der Waals surface area contributed by atoms with Crippen LogP contribution in [0.3, 0.4) is 0 Å². The minimum absolute atomic E-state index is 0.291. The maximum absolute atomic E-state index is 9.78. The minimum Gasteiger partial charge on any atom is -0.497 e. The van der Waals surface area contributed by atoms with Crippen molar-refractivity contribution in [2.24, 2.45) is 0 Å². The van der Waals surface area contributed by atoms with Gasteiger partial charge in [0.15, 0.2) is 0 Å². The van der Waals surface area contributed by atoms with E-state index in [1.54, 1.807) is 32.2 Å². The van der Waals surface area contributed by atoms with E-state index in [-0.39, 0.29) is 0 Å². The Morgan fingerprint density at radius 1 is 1.29 bits per heavy atom. The first kappa shape index (κ1) is 15.6. The number of aryl methyl sites for hydroxylation is 1. The first-order chi connectivity index (χ1) is 9.99. The van der Waals surface area contributed by atoms with Crippen LogP contribution in [0.15, 0.2) is 30.3 Å². The molecule has 4 nitrogen and oxygen atoms in total. The highest BCUT2D eigenvalue weighted by atomic mass is 35.5. The molecule has 5 heteroatoms. The zero-order valence-electron chi connectivity index (χ0n) is 12.3. The van der Waals surface area contributed by atoms with E-state index in [9.17, 15) is 5.11 Å². The van der Waals surface area contributed by atoms with Crippen LogP contribution >= 0.6 is 11.6 Å². The Morgan fingerprint density at radius 3 is 2.71 bits per heavy atom. The number of halogens is 1. The second-order valence-electron chi connectivity index (χ2n) is 4.79. The summed E-state index contributed by atoms with van der Waals surface area (Å²) in [6.07, 6.45) is -0.654. The molecule has 0 unspecified atom stereocenters. The van der Waals surface area contributed by atoms with Crippen molar-refractivity contribution >= 4 is 11.6 Å². The number of hydrogen-bond acceptors (Lipinski definition) is 4. The Hall–Kier alpha value is -1.78. The van der Waals surface area contributed by atoms with Crippen molar-refractivity contribution in [3.8, 4) is 11.5 Å². The molecule has 0 saturated heterocycles. The zero-order valence-corrected chi connectivity index (χ0v) is 13.0. The number of pyridine rings is 1. The van der Waals surface area contributed by atoms with Gasteiger partial charge < -0.3 is 14.6 Å². The molecule has 0 fully saturated rings. The summed E-state index contributed by atoms with van der Waals surface area (Å²) in [6.45, 7) is 3.86. The van der Waals surface area contributed by atoms with Gasteiger partial charge >= 0.3 is 0 Å². The van der Waals surface area contributed by atoms with Crippen LogP contribution in [0.4, 0.5) is 0 Å². The van der Waals surface area contributed by atoms with Gasteiger partial charge in [0.05, 0.1) is 18.9 Å². The highest BCUT2D eigenvalue weighted by molar-refractivity contribution is 6.30. The lowest BCUT2D eigenvalue weighted by atomic mass is 10.1. The first-order valence-electron chi connectivity index (χ1n) is 6.61. The highest BCUT2D eigenvalue weighted by Gasteiger charge is 2.11. The van der Waals surface area contributed by atoms with E-state index in [4.69, 9.17) is 21.1 Å². The number of methoxy groups -OCH3 is 1. The molecule has 0 radical (unpaired) electrons. The Labute approximate surface area is 129 Å². The number of aliphatic hydroxyl groups is 1. The summed E-state index contributed by atoms with van der Waals surface area (Å²) in [4.78, 5) is 4.40. The Bertz CT molecular complexity index is 629. The molecule has 21 heavy (non-hydrogen) atoms. The molecule has 1 aromatic carbocycles. The minimum atomic E-state index is -0.654. The second-order valence-corrected chi connectivity index (χ2v) is 5.22. The number of benzene rings is 1. The van der Waals surface area contributed by atoms with Gasteiger partial charge in [-0.2, -0.15) is 0 Å². The van der Waals surface area contributed by atoms with E-state index in [1.807, 2.05) is 19.1 Å². The van der Waals surface area contributed by atoms with Gasteiger partial charge in [-0.15, -0.1) is 0 Å². The van der Waals surface area contributed by atoms with Crippen molar-refractivity contribution in [3.05, 3.63) is 52.3 Å². The highest BCUT2D eigenvalue weighted by Crippen LogP contribution is 2.29. The van der Waals surface area contributed by atoms with E-state index in [0.29, 0.717) is 22.9 Å². The van der Waals surface area contributed by atoms with E-state index in [0.717, 1.165) is 17.1 Å². The number of hydrogen-bond donors (Lipinski definition) is 1. The fraction of sp³-hybridized carbons (Fsp3) is 0.312. The molecule has 1 atom stereocenters. The summed E-state index contributed by atoms with van der Waals surface area (Å²) in [6, 6.07) is 8.86. The smallest absolute Gasteiger partial charge is 0.130 e. The summed E-state index contributed by atoms with van der Waals surface area (Å²) in [7, 11) is 1.62. The Morgan fingerprint density at radius 2 is 2.05 bits per heavy atom. The molecule has 0 aliphatic heterocycles. The van der Waals surface area contributed by atoms with Gasteiger partial charge in [0.25, 0.3) is 0 Å². The van der Waals surface area contributed by atoms with Crippen molar-refractivity contribution in [1.82, 2.24) is 4.98 Å². The second kappa shape index (κ2) is 6.78. The van der Waals surface area contributed by atoms with Crippen LogP contribution in [0.1, 0.15) is 30.0 Å². The summed E-state index contributed by atoms with van der Waals surface area (Å²) in [5.41, 5.74) is 2.28. The average Bonchev–Trinajstić information content (AvgIpc) is 2.45. The molecule has 112 valence electrons. The van der Waals surface area contributed by atoms with Crippen LogP contribution in [0.2, 0.25) is 5.02 Å². The average molecular weight is 308 g/mol. The van der Waals surface area contributed by atoms with Crippen molar-refractivity contribution < 1.29 is 14.6 Å². The van der Waals surface area contributed by atoms with E-state index < -0.39 is 6.10 Å². The van der Waals surface area contributed by atoms with Gasteiger partial charge in [-0.1, -0.05) is 11.6 Å². The molecule has 1 N–H and O–H groups in total. The summed E-state index contributed by atoms with van der Waals surface area (Å²) in [5.74, 6) is 1.34. The molecule has 2 aromatic rings. The topological polar surface area (TPSA) is 51.6 Å². The lowest BCUT2D eigenvalue weighted by molar-refractivity contribution is 0.190. The lowest BCUT2D eigenvalue weighted by Gasteiger charge is -2.14. The number of ether oxygens (including phenoxy) is 2. The van der Waals surface area contributed by atoms with Crippen molar-refractivity contribution in [3.63, 3.8) is 0 Å². The quantitative estimate of drug-likeness (QED) is 0.915. The van der Waals surface area contributed by atoms with Gasteiger partial charge in [0.2, 0.25) is 0 Å². The maximum Gasteiger partial charge on any atom is 0.130 e. The van der Waals surface area contributed by atoms with Gasteiger partial charge in [-0.05, 0) is 32.0 Å². The van der Waals surface area contributed by atoms with Crippen LogP contribution in [0.5, 0.6) is 11.5 Å². The largest absolute Gasteiger partial charge is 0.497 e. The van der Waals surface area contributed by atoms with Crippen molar-refractivity contribution in [2.45, 2.75) is 26.6 Å². The standard InChI is InChI=1S/C16H18ClNO3/c1-10-6-14(20-3)8-13(18-10)9-21-16-5-4-12(17)7-15(16)11(2)19/h4-8,11,19H,9H2,1-3H3/t11-/m0/s1. The summed E-state index contributed by atoms with van der Waals surface area (Å²) in [5, 5.41) is 10.3. The van der Waals surface area contributed by atoms with Crippen molar-refractivity contribution in [2.75, 3.05) is 7.11 Å². The summed E-state index contributed by atoms with van der Waals surface area (Å²) < 4.78 is 11.0. The number of aromatic nitrogens is 1. The van der Waals surface area contributed by atoms with E-state index in [2.05, 4.69) is 4.98 Å². The van der Waals surface area contributed by atoms with Crippen LogP contribution in [0, 0.1) is 6.92 Å². The molecule has 1 aromatic heterocycles. The molecule has 0 amide bonds. The Kier molecular flexibility index (Phi) is 5.04. The van der Waals surface area contributed by atoms with Gasteiger partial charge in [0.1, 0.15) is 18.1 Å². The number of nitrogens with zero attached hydrogens (tertiary/aromatic N) is 1. The first-order valence-corrected chi connectivity index (χ1v) is 6.99. The van der Waals surface area contributed by atoms with Crippen LogP contribution < -0.4 is 9.47 Å². The predicted molar refractivity (Wildman–Crippen MR) is 81.9 cm³/mol. The number of aliphatic hydroxyl groups excluding tert-OH is 1. The van der Waals surface area contributed by atoms with Gasteiger partial charge in [-0.3, -0.25) is 4.98 Å². The van der Waals surface area contributed by atoms with Crippen LogP contribution in [-0.2, 0) is 6.61 Å². The normalized spacial score (nSPS) is 12.0. The Balaban J connectivity index is 2.18. The van der Waals surface area contributed by atoms with E-state index in [1.165, 1.54) is 0 Å². The zero-order chi connectivity index (χ0) is 15.4. The van der Waals surface area contributed by atoms with Crippen LogP contribution in [0.25, 0.3) is 0 Å². The monoisotopic (exact) mass is 307 g/mol. The molecular formula is C16H18ClNO3. The third-order valence-corrected chi connectivity index (χ3v) is 3.25. The molecule has 0 aliphatic rings. The third kappa shape index (κ3) is 4.09. The van der Waals surface area contributed by atoms with Crippen LogP contribution in [-0.4, -0.2) is 17.2 Å². The fourth-order valence-electron chi connectivity index (χ4n) is 2.02.